The van der Waals surface area contributed by atoms with Gasteiger partial charge in [0.15, 0.2) is 0 Å². The van der Waals surface area contributed by atoms with Gasteiger partial charge < -0.3 is 10.2 Å². The van der Waals surface area contributed by atoms with E-state index >= 15 is 0 Å². The van der Waals surface area contributed by atoms with Gasteiger partial charge in [0, 0.05) is 48.6 Å². The van der Waals surface area contributed by atoms with Gasteiger partial charge in [-0.25, -0.2) is 8.78 Å². The number of carbonyl (C=O) groups excluding carboxylic acids is 1. The maximum atomic E-state index is 14.4. The smallest absolute Gasteiger partial charge is 0.252 e. The standard InChI is InChI=1S/C20H21F2N3O/c21-15-9-17(16(18(22)10-15)8-13-2-1-5-23-11-13)20(26)24-19-12-25-6-3-14(19)4-7-25/h1-2,5,9-11,14,19H,3-4,6-8,12H2,(H,24,26). The lowest BCUT2D eigenvalue weighted by Crippen LogP contribution is -2.57. The molecule has 4 heterocycles. The maximum Gasteiger partial charge on any atom is 0.252 e. The van der Waals surface area contributed by atoms with Crippen LogP contribution in [-0.4, -0.2) is 41.5 Å². The molecule has 1 N–H and O–H groups in total. The molecule has 3 fully saturated rings. The Bertz CT molecular complexity index is 804. The van der Waals surface area contributed by atoms with Gasteiger partial charge in [-0.3, -0.25) is 9.78 Å². The van der Waals surface area contributed by atoms with Crippen molar-refractivity contribution in [1.82, 2.24) is 15.2 Å². The number of nitrogens with zero attached hydrogens (tertiary/aromatic N) is 2. The van der Waals surface area contributed by atoms with Crippen LogP contribution in [0.1, 0.15) is 34.3 Å². The molecule has 6 heteroatoms. The predicted molar refractivity (Wildman–Crippen MR) is 93.8 cm³/mol. The number of halogens is 2. The van der Waals surface area contributed by atoms with Crippen LogP contribution in [0.5, 0.6) is 0 Å². The van der Waals surface area contributed by atoms with Gasteiger partial charge in [-0.1, -0.05) is 6.07 Å². The van der Waals surface area contributed by atoms with Crippen LogP contribution < -0.4 is 5.32 Å². The van der Waals surface area contributed by atoms with Gasteiger partial charge in [0.1, 0.15) is 11.6 Å². The number of hydrogen-bond donors (Lipinski definition) is 1. The first-order valence-corrected chi connectivity index (χ1v) is 9.00. The van der Waals surface area contributed by atoms with Crippen molar-refractivity contribution in [1.29, 1.82) is 0 Å². The number of hydrogen-bond acceptors (Lipinski definition) is 3. The molecule has 3 aliphatic rings. The van der Waals surface area contributed by atoms with Gasteiger partial charge >= 0.3 is 0 Å². The van der Waals surface area contributed by atoms with Crippen LogP contribution >= 0.6 is 0 Å². The number of amides is 1. The van der Waals surface area contributed by atoms with Gasteiger partial charge in [0.2, 0.25) is 0 Å². The normalized spacial score (nSPS) is 24.5. The van der Waals surface area contributed by atoms with Crippen molar-refractivity contribution in [2.75, 3.05) is 19.6 Å². The number of piperidine rings is 3. The molecule has 1 unspecified atom stereocenters. The second-order valence-corrected chi connectivity index (χ2v) is 7.17. The first-order chi connectivity index (χ1) is 12.6. The molecule has 0 saturated carbocycles. The Morgan fingerprint density at radius 2 is 2.08 bits per heavy atom. The Balaban J connectivity index is 1.59. The third-order valence-corrected chi connectivity index (χ3v) is 5.48. The molecule has 5 rings (SSSR count). The highest BCUT2D eigenvalue weighted by atomic mass is 19.1. The van der Waals surface area contributed by atoms with Crippen molar-refractivity contribution in [2.45, 2.75) is 25.3 Å². The summed E-state index contributed by atoms with van der Waals surface area (Å²) in [5, 5.41) is 3.02. The van der Waals surface area contributed by atoms with E-state index in [9.17, 15) is 13.6 Å². The first-order valence-electron chi connectivity index (χ1n) is 9.00. The average Bonchev–Trinajstić information content (AvgIpc) is 2.65. The Hall–Kier alpha value is -2.34. The van der Waals surface area contributed by atoms with Gasteiger partial charge in [-0.2, -0.15) is 0 Å². The summed E-state index contributed by atoms with van der Waals surface area (Å²) in [6, 6.07) is 5.57. The summed E-state index contributed by atoms with van der Waals surface area (Å²) in [6.07, 6.45) is 5.57. The van der Waals surface area contributed by atoms with Crippen molar-refractivity contribution < 1.29 is 13.6 Å². The molecule has 1 aromatic carbocycles. The SMILES string of the molecule is O=C(NC1CN2CCC1CC2)c1cc(F)cc(F)c1Cc1cccnc1. The monoisotopic (exact) mass is 357 g/mol. The van der Waals surface area contributed by atoms with Crippen molar-refractivity contribution in [2.24, 2.45) is 5.92 Å². The molecule has 3 aliphatic heterocycles. The molecule has 4 nitrogen and oxygen atoms in total. The highest BCUT2D eigenvalue weighted by molar-refractivity contribution is 5.96. The van der Waals surface area contributed by atoms with Crippen molar-refractivity contribution in [3.63, 3.8) is 0 Å². The Morgan fingerprint density at radius 3 is 2.73 bits per heavy atom. The number of benzene rings is 1. The minimum atomic E-state index is -0.739. The van der Waals surface area contributed by atoms with E-state index in [1.807, 2.05) is 6.07 Å². The van der Waals surface area contributed by atoms with E-state index in [2.05, 4.69) is 15.2 Å². The van der Waals surface area contributed by atoms with Gasteiger partial charge in [0.25, 0.3) is 5.91 Å². The summed E-state index contributed by atoms with van der Waals surface area (Å²) >= 11 is 0. The van der Waals surface area contributed by atoms with Crippen molar-refractivity contribution in [3.05, 3.63) is 65.0 Å². The minimum absolute atomic E-state index is 0.0440. The number of nitrogens with one attached hydrogen (secondary N) is 1. The van der Waals surface area contributed by atoms with E-state index in [0.717, 1.165) is 50.2 Å². The molecule has 0 radical (unpaired) electrons. The summed E-state index contributed by atoms with van der Waals surface area (Å²) in [4.78, 5) is 19.2. The van der Waals surface area contributed by atoms with Crippen molar-refractivity contribution in [3.8, 4) is 0 Å². The molecule has 2 bridgehead atoms. The fourth-order valence-corrected chi connectivity index (χ4v) is 4.07. The fraction of sp³-hybridized carbons (Fsp3) is 0.400. The van der Waals surface area contributed by atoms with E-state index in [0.29, 0.717) is 5.92 Å². The number of aromatic nitrogens is 1. The molecule has 2 aromatic rings. The van der Waals surface area contributed by atoms with Crippen LogP contribution in [0.3, 0.4) is 0 Å². The fourth-order valence-electron chi connectivity index (χ4n) is 4.07. The summed E-state index contributed by atoms with van der Waals surface area (Å²) in [5.41, 5.74) is 1.05. The van der Waals surface area contributed by atoms with Crippen LogP contribution in [0.15, 0.2) is 36.7 Å². The topological polar surface area (TPSA) is 45.2 Å². The highest BCUT2D eigenvalue weighted by Crippen LogP contribution is 2.28. The highest BCUT2D eigenvalue weighted by Gasteiger charge is 2.35. The van der Waals surface area contributed by atoms with Crippen LogP contribution in [0, 0.1) is 17.6 Å². The Kier molecular flexibility index (Phi) is 4.68. The van der Waals surface area contributed by atoms with E-state index in [1.54, 1.807) is 18.5 Å². The molecule has 1 atom stereocenters. The largest absolute Gasteiger partial charge is 0.348 e. The zero-order valence-corrected chi connectivity index (χ0v) is 14.4. The van der Waals surface area contributed by atoms with E-state index < -0.39 is 17.5 Å². The molecule has 0 aliphatic carbocycles. The van der Waals surface area contributed by atoms with Crippen LogP contribution in [0.25, 0.3) is 0 Å². The van der Waals surface area contributed by atoms with E-state index in [1.165, 1.54) is 0 Å². The molecular weight excluding hydrogens is 336 g/mol. The third-order valence-electron chi connectivity index (χ3n) is 5.48. The number of pyridine rings is 1. The summed E-state index contributed by atoms with van der Waals surface area (Å²) in [6.45, 7) is 2.95. The van der Waals surface area contributed by atoms with Crippen LogP contribution in [-0.2, 0) is 6.42 Å². The van der Waals surface area contributed by atoms with Gasteiger partial charge in [-0.05, 0) is 49.5 Å². The Labute approximate surface area is 151 Å². The van der Waals surface area contributed by atoms with Gasteiger partial charge in [-0.15, -0.1) is 0 Å². The second-order valence-electron chi connectivity index (χ2n) is 7.17. The molecule has 0 spiro atoms. The lowest BCUT2D eigenvalue weighted by atomic mass is 9.84. The Morgan fingerprint density at radius 1 is 1.27 bits per heavy atom. The van der Waals surface area contributed by atoms with E-state index in [4.69, 9.17) is 0 Å². The third kappa shape index (κ3) is 3.46. The molecule has 3 saturated heterocycles. The second kappa shape index (κ2) is 7.11. The number of carbonyl (C=O) groups is 1. The predicted octanol–water partition coefficient (Wildman–Crippen LogP) is 2.77. The number of fused-ring (bicyclic) bond motifs is 3. The molecule has 26 heavy (non-hydrogen) atoms. The first kappa shape index (κ1) is 17.1. The van der Waals surface area contributed by atoms with Gasteiger partial charge in [0.05, 0.1) is 0 Å². The lowest BCUT2D eigenvalue weighted by molar-refractivity contribution is 0.0619. The molecule has 1 aromatic heterocycles. The molecule has 136 valence electrons. The summed E-state index contributed by atoms with van der Waals surface area (Å²) < 4.78 is 28.2. The van der Waals surface area contributed by atoms with Crippen molar-refractivity contribution >= 4 is 5.91 Å². The summed E-state index contributed by atoms with van der Waals surface area (Å²) in [7, 11) is 0. The quantitative estimate of drug-likeness (QED) is 0.915. The zero-order valence-electron chi connectivity index (χ0n) is 14.4. The average molecular weight is 357 g/mol. The molecular formula is C20H21F2N3O. The van der Waals surface area contributed by atoms with Crippen LogP contribution in [0.2, 0.25) is 0 Å². The van der Waals surface area contributed by atoms with E-state index in [-0.39, 0.29) is 23.6 Å². The maximum absolute atomic E-state index is 14.4. The van der Waals surface area contributed by atoms with Crippen LogP contribution in [0.4, 0.5) is 8.78 Å². The minimum Gasteiger partial charge on any atom is -0.348 e. The number of rotatable bonds is 4. The summed E-state index contributed by atoms with van der Waals surface area (Å²) in [5.74, 6) is -1.39. The molecule has 1 amide bonds. The zero-order chi connectivity index (χ0) is 18.1. The lowest BCUT2D eigenvalue weighted by Gasteiger charge is -2.45.